The van der Waals surface area contributed by atoms with E-state index in [0.717, 1.165) is 35.3 Å². The van der Waals surface area contributed by atoms with Gasteiger partial charge in [-0.2, -0.15) is 0 Å². The van der Waals surface area contributed by atoms with E-state index in [1.165, 1.54) is 5.56 Å². The number of ether oxygens (including phenoxy) is 1. The van der Waals surface area contributed by atoms with E-state index in [4.69, 9.17) is 4.74 Å². The summed E-state index contributed by atoms with van der Waals surface area (Å²) in [5.41, 5.74) is 3.28. The lowest BCUT2D eigenvalue weighted by molar-refractivity contribution is 0.0227. The predicted octanol–water partition coefficient (Wildman–Crippen LogP) is 2.42. The number of sulfone groups is 1. The normalized spacial score (nSPS) is 21.0. The van der Waals surface area contributed by atoms with Crippen LogP contribution in [0.4, 0.5) is 0 Å². The monoisotopic (exact) mass is 389 g/mol. The van der Waals surface area contributed by atoms with Crippen molar-refractivity contribution in [1.29, 1.82) is 0 Å². The van der Waals surface area contributed by atoms with Gasteiger partial charge in [0, 0.05) is 48.9 Å². The molecular weight excluding hydrogens is 362 g/mol. The molecule has 4 rings (SSSR count). The summed E-state index contributed by atoms with van der Waals surface area (Å²) in [4.78, 5) is 9.13. The van der Waals surface area contributed by atoms with Crippen LogP contribution in [0.3, 0.4) is 0 Å². The Hall–Kier alpha value is -1.70. The van der Waals surface area contributed by atoms with Crippen LogP contribution in [0.25, 0.3) is 10.9 Å². The minimum Gasteiger partial charge on any atom is -0.475 e. The Morgan fingerprint density at radius 3 is 2.67 bits per heavy atom. The van der Waals surface area contributed by atoms with Gasteiger partial charge in [-0.1, -0.05) is 6.07 Å². The molecule has 0 radical (unpaired) electrons. The zero-order chi connectivity index (χ0) is 19.2. The van der Waals surface area contributed by atoms with E-state index >= 15 is 0 Å². The van der Waals surface area contributed by atoms with Crippen LogP contribution in [0.2, 0.25) is 0 Å². The van der Waals surface area contributed by atoms with Gasteiger partial charge in [0.05, 0.1) is 11.5 Å². The maximum absolute atomic E-state index is 11.7. The summed E-state index contributed by atoms with van der Waals surface area (Å²) in [6, 6.07) is 6.25. The van der Waals surface area contributed by atoms with Crippen molar-refractivity contribution in [2.45, 2.75) is 39.4 Å². The van der Waals surface area contributed by atoms with Crippen LogP contribution in [0.5, 0.6) is 5.75 Å². The molecule has 0 amide bonds. The molecule has 0 bridgehead atoms. The highest BCUT2D eigenvalue weighted by Crippen LogP contribution is 2.36. The van der Waals surface area contributed by atoms with Crippen LogP contribution in [0, 0.1) is 0 Å². The molecule has 3 heterocycles. The summed E-state index contributed by atoms with van der Waals surface area (Å²) in [7, 11) is -2.87. The number of rotatable bonds is 2. The van der Waals surface area contributed by atoms with E-state index in [-0.39, 0.29) is 17.0 Å². The summed E-state index contributed by atoms with van der Waals surface area (Å²) in [5, 5.41) is 1.09. The van der Waals surface area contributed by atoms with Crippen LogP contribution >= 0.6 is 0 Å². The number of benzene rings is 1. The summed E-state index contributed by atoms with van der Waals surface area (Å²) in [5.74, 6) is 1.38. The lowest BCUT2D eigenvalue weighted by Gasteiger charge is -2.39. The first-order valence-corrected chi connectivity index (χ1v) is 11.3. The molecule has 0 aliphatic carbocycles. The second-order valence-corrected chi connectivity index (χ2v) is 10.8. The zero-order valence-electron chi connectivity index (χ0n) is 16.2. The molecular formula is C20H27N3O3S. The van der Waals surface area contributed by atoms with Gasteiger partial charge in [-0.3, -0.25) is 14.8 Å². The molecule has 0 N–H and O–H groups in total. The topological polar surface area (TPSA) is 62.7 Å². The first-order valence-electron chi connectivity index (χ1n) is 9.43. The van der Waals surface area contributed by atoms with Gasteiger partial charge >= 0.3 is 0 Å². The number of hydrogen-bond donors (Lipinski definition) is 0. The Bertz CT molecular complexity index is 952. The minimum atomic E-state index is -2.87. The summed E-state index contributed by atoms with van der Waals surface area (Å²) in [6.07, 6.45) is 1.80. The van der Waals surface area contributed by atoms with E-state index in [1.807, 2.05) is 6.07 Å². The fraction of sp³-hybridized carbons (Fsp3) is 0.550. The largest absolute Gasteiger partial charge is 0.475 e. The molecule has 0 unspecified atom stereocenters. The van der Waals surface area contributed by atoms with Gasteiger partial charge in [0.25, 0.3) is 0 Å². The van der Waals surface area contributed by atoms with Crippen molar-refractivity contribution in [3.8, 4) is 5.75 Å². The third-order valence-corrected chi connectivity index (χ3v) is 7.12. The molecule has 0 spiro atoms. The molecule has 6 nitrogen and oxygen atoms in total. The van der Waals surface area contributed by atoms with Gasteiger partial charge in [0.1, 0.15) is 12.2 Å². The number of pyridine rings is 1. The van der Waals surface area contributed by atoms with E-state index in [0.29, 0.717) is 19.8 Å². The predicted molar refractivity (Wildman–Crippen MR) is 106 cm³/mol. The molecule has 0 saturated carbocycles. The zero-order valence-corrected chi connectivity index (χ0v) is 17.1. The van der Waals surface area contributed by atoms with Crippen LogP contribution < -0.4 is 4.74 Å². The second-order valence-electron chi connectivity index (χ2n) is 8.49. The Kier molecular flexibility index (Phi) is 4.64. The average molecular weight is 390 g/mol. The van der Waals surface area contributed by atoms with Crippen LogP contribution in [0.15, 0.2) is 24.4 Å². The molecule has 1 saturated heterocycles. The third-order valence-electron chi connectivity index (χ3n) is 5.51. The molecule has 7 heteroatoms. The lowest BCUT2D eigenvalue weighted by atomic mass is 9.99. The molecule has 27 heavy (non-hydrogen) atoms. The van der Waals surface area contributed by atoms with Crippen molar-refractivity contribution in [1.82, 2.24) is 14.8 Å². The van der Waals surface area contributed by atoms with Gasteiger partial charge < -0.3 is 4.74 Å². The van der Waals surface area contributed by atoms with Crippen molar-refractivity contribution in [2.24, 2.45) is 0 Å². The Morgan fingerprint density at radius 2 is 1.96 bits per heavy atom. The number of hydrogen-bond acceptors (Lipinski definition) is 6. The highest BCUT2D eigenvalue weighted by molar-refractivity contribution is 7.91. The van der Waals surface area contributed by atoms with E-state index in [2.05, 4.69) is 47.7 Å². The van der Waals surface area contributed by atoms with Crippen molar-refractivity contribution in [3.63, 3.8) is 0 Å². The van der Waals surface area contributed by atoms with Crippen molar-refractivity contribution in [2.75, 3.05) is 31.3 Å². The molecule has 0 atom stereocenters. The summed E-state index contributed by atoms with van der Waals surface area (Å²) in [6.45, 7) is 9.87. The molecule has 1 fully saturated rings. The van der Waals surface area contributed by atoms with Gasteiger partial charge in [0.2, 0.25) is 0 Å². The highest BCUT2D eigenvalue weighted by atomic mass is 32.2. The standard InChI is InChI=1S/C20H27N3O3S/c1-20(2,3)23-13-16-11-15(12-22-7-9-27(24,25)10-8-22)17-5-4-6-21-18(17)19(16)26-14-23/h4-6,11H,7-10,12-14H2,1-3H3. The molecule has 1 aromatic heterocycles. The van der Waals surface area contributed by atoms with Crippen molar-refractivity contribution < 1.29 is 13.2 Å². The maximum atomic E-state index is 11.7. The maximum Gasteiger partial charge on any atom is 0.152 e. The smallest absolute Gasteiger partial charge is 0.152 e. The van der Waals surface area contributed by atoms with E-state index in [9.17, 15) is 8.42 Å². The molecule has 2 aliphatic heterocycles. The second kappa shape index (κ2) is 6.72. The fourth-order valence-corrected chi connectivity index (χ4v) is 5.01. The summed E-state index contributed by atoms with van der Waals surface area (Å²) >= 11 is 0. The molecule has 2 aliphatic rings. The SMILES string of the molecule is CC(C)(C)N1COc2c(cc(CN3CCS(=O)(=O)CC3)c3cccnc23)C1. The van der Waals surface area contributed by atoms with Gasteiger partial charge in [-0.15, -0.1) is 0 Å². The Morgan fingerprint density at radius 1 is 1.22 bits per heavy atom. The van der Waals surface area contributed by atoms with Crippen LogP contribution in [-0.4, -0.2) is 60.1 Å². The molecule has 2 aromatic rings. The summed E-state index contributed by atoms with van der Waals surface area (Å²) < 4.78 is 29.6. The van der Waals surface area contributed by atoms with Gasteiger partial charge in [-0.05, 0) is 38.5 Å². The Balaban J connectivity index is 1.69. The lowest BCUT2D eigenvalue weighted by Crippen LogP contribution is -2.45. The Labute approximate surface area is 161 Å². The third kappa shape index (κ3) is 3.81. The molecule has 146 valence electrons. The van der Waals surface area contributed by atoms with Crippen molar-refractivity contribution in [3.05, 3.63) is 35.5 Å². The average Bonchev–Trinajstić information content (AvgIpc) is 2.62. The minimum absolute atomic E-state index is 0.0259. The first-order chi connectivity index (χ1) is 12.7. The molecule has 1 aromatic carbocycles. The quantitative estimate of drug-likeness (QED) is 0.786. The highest BCUT2D eigenvalue weighted by Gasteiger charge is 2.29. The van der Waals surface area contributed by atoms with E-state index < -0.39 is 9.84 Å². The first kappa shape index (κ1) is 18.7. The van der Waals surface area contributed by atoms with Crippen LogP contribution in [-0.2, 0) is 22.9 Å². The fourth-order valence-electron chi connectivity index (χ4n) is 3.73. The van der Waals surface area contributed by atoms with Gasteiger partial charge in [0.15, 0.2) is 15.6 Å². The number of nitrogens with zero attached hydrogens (tertiary/aromatic N) is 3. The number of fused-ring (bicyclic) bond motifs is 3. The van der Waals surface area contributed by atoms with E-state index in [1.54, 1.807) is 6.20 Å². The number of aromatic nitrogens is 1. The van der Waals surface area contributed by atoms with Crippen molar-refractivity contribution >= 4 is 20.7 Å². The van der Waals surface area contributed by atoms with Crippen LogP contribution in [0.1, 0.15) is 31.9 Å². The van der Waals surface area contributed by atoms with Gasteiger partial charge in [-0.25, -0.2) is 8.42 Å².